The van der Waals surface area contributed by atoms with Crippen LogP contribution >= 0.6 is 15.9 Å². The van der Waals surface area contributed by atoms with Crippen LogP contribution in [0.1, 0.15) is 10.4 Å². The molecular formula is C7H4BrNO4. The Morgan fingerprint density at radius 3 is 2.62 bits per heavy atom. The van der Waals surface area contributed by atoms with Crippen LogP contribution < -0.4 is 0 Å². The summed E-state index contributed by atoms with van der Waals surface area (Å²) in [5, 5.41) is 19.6. The number of nitro groups is 1. The summed E-state index contributed by atoms with van der Waals surface area (Å²) in [6.07, 6.45) is 0.356. The largest absolute Gasteiger partial charge is 0.502 e. The summed E-state index contributed by atoms with van der Waals surface area (Å²) in [6, 6.07) is 2.63. The average molecular weight is 246 g/mol. The average Bonchev–Trinajstić information content (AvgIpc) is 2.04. The molecule has 13 heavy (non-hydrogen) atoms. The van der Waals surface area contributed by atoms with Gasteiger partial charge in [-0.15, -0.1) is 0 Å². The van der Waals surface area contributed by atoms with Gasteiger partial charge >= 0.3 is 5.69 Å². The first-order chi connectivity index (χ1) is 6.07. The second-order valence-corrected chi connectivity index (χ2v) is 3.06. The van der Waals surface area contributed by atoms with Gasteiger partial charge in [-0.3, -0.25) is 14.9 Å². The van der Waals surface area contributed by atoms with Gasteiger partial charge in [-0.05, 0) is 28.1 Å². The third kappa shape index (κ3) is 1.67. The predicted octanol–water partition coefficient (Wildman–Crippen LogP) is 1.88. The van der Waals surface area contributed by atoms with E-state index in [1.807, 2.05) is 0 Å². The van der Waals surface area contributed by atoms with Gasteiger partial charge in [0.15, 0.2) is 6.29 Å². The van der Waals surface area contributed by atoms with Crippen molar-refractivity contribution >= 4 is 27.9 Å². The van der Waals surface area contributed by atoms with Gasteiger partial charge in [-0.1, -0.05) is 0 Å². The van der Waals surface area contributed by atoms with Crippen molar-refractivity contribution in [2.75, 3.05) is 0 Å². The Kier molecular flexibility index (Phi) is 2.62. The van der Waals surface area contributed by atoms with Crippen LogP contribution in [0.25, 0.3) is 0 Å². The molecule has 0 unspecified atom stereocenters. The van der Waals surface area contributed by atoms with Crippen LogP contribution in [-0.4, -0.2) is 16.3 Å². The topological polar surface area (TPSA) is 80.4 Å². The van der Waals surface area contributed by atoms with Crippen molar-refractivity contribution in [2.45, 2.75) is 0 Å². The minimum atomic E-state index is -0.758. The molecule has 0 fully saturated rings. The molecule has 0 spiro atoms. The number of aromatic hydroxyl groups is 1. The van der Waals surface area contributed by atoms with Crippen LogP contribution in [0.15, 0.2) is 16.6 Å². The van der Waals surface area contributed by atoms with Gasteiger partial charge < -0.3 is 5.11 Å². The van der Waals surface area contributed by atoms with Crippen LogP contribution in [-0.2, 0) is 0 Å². The fourth-order valence-corrected chi connectivity index (χ4v) is 1.30. The van der Waals surface area contributed by atoms with E-state index < -0.39 is 16.4 Å². The van der Waals surface area contributed by atoms with Crippen LogP contribution in [0.5, 0.6) is 5.75 Å². The maximum Gasteiger partial charge on any atom is 0.325 e. The van der Waals surface area contributed by atoms with E-state index in [9.17, 15) is 20.0 Å². The molecule has 0 atom stereocenters. The van der Waals surface area contributed by atoms with Crippen LogP contribution in [0.3, 0.4) is 0 Å². The van der Waals surface area contributed by atoms with Crippen molar-refractivity contribution in [2.24, 2.45) is 0 Å². The number of rotatable bonds is 2. The van der Waals surface area contributed by atoms with Crippen LogP contribution in [0, 0.1) is 10.1 Å². The van der Waals surface area contributed by atoms with Crippen molar-refractivity contribution in [3.63, 3.8) is 0 Å². The van der Waals surface area contributed by atoms with Gasteiger partial charge in [0.1, 0.15) is 0 Å². The van der Waals surface area contributed by atoms with E-state index >= 15 is 0 Å². The Balaban J connectivity index is 3.47. The third-order valence-electron chi connectivity index (χ3n) is 1.44. The third-order valence-corrected chi connectivity index (χ3v) is 2.08. The van der Waals surface area contributed by atoms with Crippen molar-refractivity contribution in [3.05, 3.63) is 32.3 Å². The molecule has 0 amide bonds. The zero-order chi connectivity index (χ0) is 10.0. The number of hydrogen-bond acceptors (Lipinski definition) is 4. The molecule has 0 aromatic heterocycles. The van der Waals surface area contributed by atoms with Crippen molar-refractivity contribution in [1.29, 1.82) is 0 Å². The minimum absolute atomic E-state index is 0.102. The lowest BCUT2D eigenvalue weighted by atomic mass is 10.2. The highest BCUT2D eigenvalue weighted by molar-refractivity contribution is 9.10. The van der Waals surface area contributed by atoms with E-state index in [2.05, 4.69) is 15.9 Å². The Labute approximate surface area is 81.3 Å². The fourth-order valence-electron chi connectivity index (χ4n) is 0.839. The number of nitro benzene ring substituents is 1. The second-order valence-electron chi connectivity index (χ2n) is 2.21. The molecule has 0 aliphatic rings. The molecule has 6 heteroatoms. The number of carbonyl (C=O) groups excluding carboxylic acids is 1. The lowest BCUT2D eigenvalue weighted by Crippen LogP contribution is -1.93. The molecule has 0 aliphatic heterocycles. The number of phenolic OH excluding ortho intramolecular Hbond substituents is 1. The molecule has 1 aromatic rings. The smallest absolute Gasteiger partial charge is 0.325 e. The molecule has 68 valence electrons. The lowest BCUT2D eigenvalue weighted by molar-refractivity contribution is -0.386. The number of benzene rings is 1. The molecule has 0 saturated heterocycles. The first-order valence-corrected chi connectivity index (χ1v) is 3.98. The summed E-state index contributed by atoms with van der Waals surface area (Å²) in [7, 11) is 0. The zero-order valence-electron chi connectivity index (χ0n) is 6.23. The molecular weight excluding hydrogens is 242 g/mol. The van der Waals surface area contributed by atoms with Crippen molar-refractivity contribution in [3.8, 4) is 5.75 Å². The normalized spacial score (nSPS) is 9.62. The molecule has 1 N–H and O–H groups in total. The quantitative estimate of drug-likeness (QED) is 0.490. The molecule has 0 bridgehead atoms. The Bertz CT molecular complexity index is 377. The number of hydrogen-bond donors (Lipinski definition) is 1. The Hall–Kier alpha value is -1.43. The number of halogens is 1. The first-order valence-electron chi connectivity index (χ1n) is 3.19. The maximum absolute atomic E-state index is 10.4. The standard InChI is InChI=1S/C7H4BrNO4/c8-5-2-1-4(3-10)7(11)6(5)9(12)13/h1-3,11H. The van der Waals surface area contributed by atoms with E-state index in [0.29, 0.717) is 6.29 Å². The highest BCUT2D eigenvalue weighted by Crippen LogP contribution is 2.35. The lowest BCUT2D eigenvalue weighted by Gasteiger charge is -1.99. The van der Waals surface area contributed by atoms with Crippen molar-refractivity contribution < 1.29 is 14.8 Å². The van der Waals surface area contributed by atoms with Crippen molar-refractivity contribution in [1.82, 2.24) is 0 Å². The monoisotopic (exact) mass is 245 g/mol. The van der Waals surface area contributed by atoms with E-state index in [0.717, 1.165) is 0 Å². The highest BCUT2D eigenvalue weighted by Gasteiger charge is 2.20. The summed E-state index contributed by atoms with van der Waals surface area (Å²) in [6.45, 7) is 0. The predicted molar refractivity (Wildman–Crippen MR) is 47.8 cm³/mol. The molecule has 1 aromatic carbocycles. The van der Waals surface area contributed by atoms with E-state index in [-0.39, 0.29) is 10.0 Å². The van der Waals surface area contributed by atoms with Crippen LogP contribution in [0.2, 0.25) is 0 Å². The minimum Gasteiger partial charge on any atom is -0.502 e. The van der Waals surface area contributed by atoms with Gasteiger partial charge in [0.05, 0.1) is 15.0 Å². The molecule has 0 heterocycles. The molecule has 1 rings (SSSR count). The van der Waals surface area contributed by atoms with Crippen LogP contribution in [0.4, 0.5) is 5.69 Å². The summed E-state index contributed by atoms with van der Waals surface area (Å²) < 4.78 is 0.139. The van der Waals surface area contributed by atoms with E-state index in [4.69, 9.17) is 0 Å². The Morgan fingerprint density at radius 2 is 2.15 bits per heavy atom. The van der Waals surface area contributed by atoms with Gasteiger partial charge in [0.2, 0.25) is 5.75 Å². The van der Waals surface area contributed by atoms with Gasteiger partial charge in [-0.2, -0.15) is 0 Å². The first kappa shape index (κ1) is 9.66. The van der Waals surface area contributed by atoms with E-state index in [1.165, 1.54) is 12.1 Å². The SMILES string of the molecule is O=Cc1ccc(Br)c([N+](=O)[O-])c1O. The summed E-state index contributed by atoms with van der Waals surface area (Å²) in [4.78, 5) is 20.0. The summed E-state index contributed by atoms with van der Waals surface area (Å²) in [5.74, 6) is -0.616. The van der Waals surface area contributed by atoms with Gasteiger partial charge in [-0.25, -0.2) is 0 Å². The highest BCUT2D eigenvalue weighted by atomic mass is 79.9. The number of phenols is 1. The zero-order valence-corrected chi connectivity index (χ0v) is 7.82. The summed E-state index contributed by atoms with van der Waals surface area (Å²) in [5.41, 5.74) is -0.598. The molecule has 5 nitrogen and oxygen atoms in total. The summed E-state index contributed by atoms with van der Waals surface area (Å²) >= 11 is 2.89. The number of aldehydes is 1. The molecule has 0 radical (unpaired) electrons. The fraction of sp³-hybridized carbons (Fsp3) is 0. The van der Waals surface area contributed by atoms with Gasteiger partial charge in [0.25, 0.3) is 0 Å². The van der Waals surface area contributed by atoms with Gasteiger partial charge in [0, 0.05) is 0 Å². The Morgan fingerprint density at radius 1 is 1.54 bits per heavy atom. The van der Waals surface area contributed by atoms with E-state index in [1.54, 1.807) is 0 Å². The molecule has 0 aliphatic carbocycles. The number of nitrogens with zero attached hydrogens (tertiary/aromatic N) is 1. The number of carbonyl (C=O) groups is 1. The molecule has 0 saturated carbocycles. The maximum atomic E-state index is 10.4. The second kappa shape index (κ2) is 3.53.